The van der Waals surface area contributed by atoms with Crippen LogP contribution in [0.5, 0.6) is 0 Å². The molecule has 0 aliphatic carbocycles. The van der Waals surface area contributed by atoms with Crippen LogP contribution >= 0.6 is 22.9 Å². The Bertz CT molecular complexity index is 461. The molecule has 1 heterocycles. The lowest BCUT2D eigenvalue weighted by atomic mass is 10.2. The van der Waals surface area contributed by atoms with E-state index in [9.17, 15) is 4.79 Å². The van der Waals surface area contributed by atoms with Crippen molar-refractivity contribution in [1.82, 2.24) is 5.32 Å². The van der Waals surface area contributed by atoms with Gasteiger partial charge in [0, 0.05) is 17.1 Å². The summed E-state index contributed by atoms with van der Waals surface area (Å²) in [5.41, 5.74) is 0. The van der Waals surface area contributed by atoms with Crippen LogP contribution in [0.3, 0.4) is 0 Å². The van der Waals surface area contributed by atoms with Gasteiger partial charge in [-0.25, -0.2) is 0 Å². The number of halogens is 1. The predicted octanol–water partition coefficient (Wildman–Crippen LogP) is 3.26. The highest BCUT2D eigenvalue weighted by atomic mass is 35.5. The number of thiophene rings is 1. The summed E-state index contributed by atoms with van der Waals surface area (Å²) in [5.74, 6) is 0.568. The minimum absolute atomic E-state index is 0.00804. The Morgan fingerprint density at radius 1 is 1.38 bits per heavy atom. The molecule has 0 aliphatic rings. The van der Waals surface area contributed by atoms with Gasteiger partial charge < -0.3 is 5.32 Å². The van der Waals surface area contributed by atoms with Gasteiger partial charge in [-0.3, -0.25) is 4.79 Å². The van der Waals surface area contributed by atoms with Crippen molar-refractivity contribution >= 4 is 38.9 Å². The van der Waals surface area contributed by atoms with E-state index in [1.54, 1.807) is 0 Å². The van der Waals surface area contributed by atoms with Gasteiger partial charge in [0.2, 0.25) is 0 Å². The molecular formula is C12H12ClNOS. The molecule has 0 atom stereocenters. The van der Waals surface area contributed by atoms with E-state index >= 15 is 0 Å². The summed E-state index contributed by atoms with van der Waals surface area (Å²) < 4.78 is 1.14. The van der Waals surface area contributed by atoms with Crippen molar-refractivity contribution in [3.63, 3.8) is 0 Å². The third-order valence-electron chi connectivity index (χ3n) is 2.25. The van der Waals surface area contributed by atoms with Gasteiger partial charge in [0.05, 0.1) is 4.88 Å². The summed E-state index contributed by atoms with van der Waals surface area (Å²) in [6, 6.07) is 9.92. The van der Waals surface area contributed by atoms with Gasteiger partial charge in [-0.2, -0.15) is 0 Å². The van der Waals surface area contributed by atoms with Crippen LogP contribution in [0.2, 0.25) is 0 Å². The number of amides is 1. The van der Waals surface area contributed by atoms with E-state index in [0.29, 0.717) is 12.4 Å². The van der Waals surface area contributed by atoms with Crippen molar-refractivity contribution in [3.8, 4) is 0 Å². The van der Waals surface area contributed by atoms with E-state index in [-0.39, 0.29) is 5.91 Å². The molecule has 2 aromatic rings. The molecule has 0 bridgehead atoms. The second-order valence-electron chi connectivity index (χ2n) is 3.45. The van der Waals surface area contributed by atoms with E-state index in [4.69, 9.17) is 11.6 Å². The standard InChI is InChI=1S/C12H12ClNOS/c13-6-3-7-14-12(15)11-8-9-4-1-2-5-10(9)16-11/h1-2,4-5,8H,3,6-7H2,(H,14,15). The second-order valence-corrected chi connectivity index (χ2v) is 4.91. The molecule has 0 aliphatic heterocycles. The van der Waals surface area contributed by atoms with Gasteiger partial charge in [-0.05, 0) is 23.9 Å². The second kappa shape index (κ2) is 5.32. The first kappa shape index (κ1) is 11.4. The summed E-state index contributed by atoms with van der Waals surface area (Å²) in [6.45, 7) is 0.635. The van der Waals surface area contributed by atoms with Gasteiger partial charge in [-0.15, -0.1) is 22.9 Å². The van der Waals surface area contributed by atoms with Gasteiger partial charge in [0.25, 0.3) is 5.91 Å². The van der Waals surface area contributed by atoms with E-state index in [0.717, 1.165) is 21.4 Å². The van der Waals surface area contributed by atoms with Crippen LogP contribution in [0.25, 0.3) is 10.1 Å². The van der Waals surface area contributed by atoms with E-state index in [1.165, 1.54) is 11.3 Å². The van der Waals surface area contributed by atoms with Crippen LogP contribution in [-0.4, -0.2) is 18.3 Å². The fraction of sp³-hybridized carbons (Fsp3) is 0.250. The summed E-state index contributed by atoms with van der Waals surface area (Å²) in [6.07, 6.45) is 0.804. The molecule has 2 rings (SSSR count). The number of rotatable bonds is 4. The van der Waals surface area contributed by atoms with E-state index in [2.05, 4.69) is 5.32 Å². The number of hydrogen-bond donors (Lipinski definition) is 1. The first-order valence-electron chi connectivity index (χ1n) is 5.14. The van der Waals surface area contributed by atoms with Crippen molar-refractivity contribution in [2.75, 3.05) is 12.4 Å². The molecule has 0 saturated heterocycles. The number of carbonyl (C=O) groups excluding carboxylic acids is 1. The molecule has 1 aromatic heterocycles. The normalized spacial score (nSPS) is 10.6. The zero-order valence-corrected chi connectivity index (χ0v) is 10.3. The lowest BCUT2D eigenvalue weighted by Gasteiger charge is -2.00. The molecule has 0 spiro atoms. The van der Waals surface area contributed by atoms with Gasteiger partial charge >= 0.3 is 0 Å². The third-order valence-corrected chi connectivity index (χ3v) is 3.63. The highest BCUT2D eigenvalue weighted by Gasteiger charge is 2.08. The minimum Gasteiger partial charge on any atom is -0.351 e. The largest absolute Gasteiger partial charge is 0.351 e. The lowest BCUT2D eigenvalue weighted by Crippen LogP contribution is -2.23. The van der Waals surface area contributed by atoms with Crippen molar-refractivity contribution in [1.29, 1.82) is 0 Å². The molecule has 1 N–H and O–H groups in total. The zero-order valence-electron chi connectivity index (χ0n) is 8.70. The predicted molar refractivity (Wildman–Crippen MR) is 69.5 cm³/mol. The molecule has 84 valence electrons. The minimum atomic E-state index is -0.00804. The lowest BCUT2D eigenvalue weighted by molar-refractivity contribution is 0.0958. The zero-order chi connectivity index (χ0) is 11.4. The quantitative estimate of drug-likeness (QED) is 0.658. The average Bonchev–Trinajstić information content (AvgIpc) is 2.73. The Labute approximate surface area is 103 Å². The maximum Gasteiger partial charge on any atom is 0.261 e. The molecule has 0 saturated carbocycles. The van der Waals surface area contributed by atoms with Crippen LogP contribution in [0.4, 0.5) is 0 Å². The molecule has 2 nitrogen and oxygen atoms in total. The maximum absolute atomic E-state index is 11.7. The highest BCUT2D eigenvalue weighted by Crippen LogP contribution is 2.24. The van der Waals surface area contributed by atoms with Crippen LogP contribution in [0.15, 0.2) is 30.3 Å². The molecule has 0 radical (unpaired) electrons. The van der Waals surface area contributed by atoms with Crippen LogP contribution in [0, 0.1) is 0 Å². The Morgan fingerprint density at radius 2 is 2.19 bits per heavy atom. The fourth-order valence-electron chi connectivity index (χ4n) is 1.45. The number of fused-ring (bicyclic) bond motifs is 1. The monoisotopic (exact) mass is 253 g/mol. The molecule has 4 heteroatoms. The maximum atomic E-state index is 11.7. The number of benzene rings is 1. The van der Waals surface area contributed by atoms with Crippen LogP contribution < -0.4 is 5.32 Å². The Hall–Kier alpha value is -1.06. The SMILES string of the molecule is O=C(NCCCCl)c1cc2ccccc2s1. The van der Waals surface area contributed by atoms with Crippen molar-refractivity contribution in [2.24, 2.45) is 0 Å². The summed E-state index contributed by atoms with van der Waals surface area (Å²) in [4.78, 5) is 12.5. The third kappa shape index (κ3) is 2.54. The van der Waals surface area contributed by atoms with Gasteiger partial charge in [0.1, 0.15) is 0 Å². The number of nitrogens with one attached hydrogen (secondary N) is 1. The average molecular weight is 254 g/mol. The molecule has 0 unspecified atom stereocenters. The summed E-state index contributed by atoms with van der Waals surface area (Å²) in [7, 11) is 0. The highest BCUT2D eigenvalue weighted by molar-refractivity contribution is 7.20. The molecule has 0 fully saturated rings. The Morgan fingerprint density at radius 3 is 2.94 bits per heavy atom. The van der Waals surface area contributed by atoms with Crippen molar-refractivity contribution < 1.29 is 4.79 Å². The smallest absolute Gasteiger partial charge is 0.261 e. The topological polar surface area (TPSA) is 29.1 Å². The number of hydrogen-bond acceptors (Lipinski definition) is 2. The number of carbonyl (C=O) groups is 1. The van der Waals surface area contributed by atoms with Crippen molar-refractivity contribution in [2.45, 2.75) is 6.42 Å². The van der Waals surface area contributed by atoms with Crippen molar-refractivity contribution in [3.05, 3.63) is 35.2 Å². The Kier molecular flexibility index (Phi) is 3.80. The summed E-state index contributed by atoms with van der Waals surface area (Å²) in [5, 5.41) is 3.97. The number of alkyl halides is 1. The van der Waals surface area contributed by atoms with Crippen LogP contribution in [0.1, 0.15) is 16.1 Å². The first-order valence-corrected chi connectivity index (χ1v) is 6.49. The molecular weight excluding hydrogens is 242 g/mol. The molecule has 16 heavy (non-hydrogen) atoms. The first-order chi connectivity index (χ1) is 7.81. The van der Waals surface area contributed by atoms with Crippen LogP contribution in [-0.2, 0) is 0 Å². The molecule has 1 aromatic carbocycles. The summed E-state index contributed by atoms with van der Waals surface area (Å²) >= 11 is 7.06. The van der Waals surface area contributed by atoms with E-state index < -0.39 is 0 Å². The Balaban J connectivity index is 2.11. The van der Waals surface area contributed by atoms with E-state index in [1.807, 2.05) is 30.3 Å². The van der Waals surface area contributed by atoms with Gasteiger partial charge in [-0.1, -0.05) is 18.2 Å². The molecule has 1 amide bonds. The van der Waals surface area contributed by atoms with Gasteiger partial charge in [0.15, 0.2) is 0 Å². The fourth-order valence-corrected chi connectivity index (χ4v) is 2.56.